The monoisotopic (exact) mass is 440 g/mol. The van der Waals surface area contributed by atoms with E-state index in [1.165, 1.54) is 23.5 Å². The Morgan fingerprint density at radius 1 is 1.28 bits per heavy atom. The molecule has 3 aromatic rings. The SMILES string of the molecule is COc1ccc(OC2CN(C(=O)C(=O)c3c[nH]c4c(N(N)/C=C\N)ncc(F)c34)C2)cc1. The van der Waals surface area contributed by atoms with Crippen LogP contribution in [-0.2, 0) is 4.79 Å². The molecular formula is C21H21FN6O4. The van der Waals surface area contributed by atoms with Crippen LogP contribution in [0.3, 0.4) is 0 Å². The van der Waals surface area contributed by atoms with Crippen molar-refractivity contribution in [2.24, 2.45) is 11.6 Å². The molecule has 1 fully saturated rings. The highest BCUT2D eigenvalue weighted by Gasteiger charge is 2.37. The normalized spacial score (nSPS) is 13.9. The van der Waals surface area contributed by atoms with Gasteiger partial charge in [0.2, 0.25) is 0 Å². The number of likely N-dealkylation sites (tertiary alicyclic amines) is 1. The topological polar surface area (TPSA) is 140 Å². The number of aromatic nitrogens is 2. The molecule has 0 unspecified atom stereocenters. The number of hydrogen-bond donors (Lipinski definition) is 3. The molecule has 1 aromatic carbocycles. The summed E-state index contributed by atoms with van der Waals surface area (Å²) < 4.78 is 25.4. The van der Waals surface area contributed by atoms with Gasteiger partial charge in [-0.3, -0.25) is 14.6 Å². The van der Waals surface area contributed by atoms with Gasteiger partial charge in [0.05, 0.1) is 42.9 Å². The minimum absolute atomic E-state index is 0.0687. The fourth-order valence-corrected chi connectivity index (χ4v) is 3.42. The number of benzene rings is 1. The minimum Gasteiger partial charge on any atom is -0.497 e. The van der Waals surface area contributed by atoms with Crippen molar-refractivity contribution in [2.45, 2.75) is 6.10 Å². The standard InChI is InChI=1S/C21H21FN6O4/c1-31-12-2-4-13(5-3-12)32-14-10-27(11-14)21(30)19(29)15-8-25-18-17(15)16(22)9-26-20(18)28(24)7-6-23/h2-9,14,25H,10-11,23-24H2,1H3/b7-6-. The number of carbonyl (C=O) groups excluding carboxylic acids is 2. The molecule has 0 radical (unpaired) electrons. The van der Waals surface area contributed by atoms with Gasteiger partial charge in [-0.2, -0.15) is 0 Å². The summed E-state index contributed by atoms with van der Waals surface area (Å²) in [6.45, 7) is 0.484. The number of halogens is 1. The van der Waals surface area contributed by atoms with Gasteiger partial charge < -0.3 is 25.1 Å². The highest BCUT2D eigenvalue weighted by atomic mass is 19.1. The molecule has 166 valence electrons. The first-order valence-corrected chi connectivity index (χ1v) is 9.65. The Morgan fingerprint density at radius 2 is 1.97 bits per heavy atom. The Labute approximate surface area is 182 Å². The number of amides is 1. The maximum Gasteiger partial charge on any atom is 0.295 e. The molecule has 0 saturated carbocycles. The summed E-state index contributed by atoms with van der Waals surface area (Å²) in [6.07, 6.45) is 4.45. The van der Waals surface area contributed by atoms with E-state index in [1.54, 1.807) is 31.4 Å². The number of Topliss-reactive ketones (excluding diaryl/α,β-unsaturated/α-hetero) is 1. The number of nitrogens with zero attached hydrogens (tertiary/aromatic N) is 3. The third-order valence-corrected chi connectivity index (χ3v) is 5.07. The molecule has 0 atom stereocenters. The second kappa shape index (κ2) is 8.55. The lowest BCUT2D eigenvalue weighted by Gasteiger charge is -2.38. The van der Waals surface area contributed by atoms with E-state index in [-0.39, 0.29) is 41.5 Å². The third kappa shape index (κ3) is 3.81. The molecule has 32 heavy (non-hydrogen) atoms. The van der Waals surface area contributed by atoms with Crippen molar-refractivity contribution in [1.29, 1.82) is 0 Å². The number of ether oxygens (including phenoxy) is 2. The van der Waals surface area contributed by atoms with Crippen LogP contribution in [-0.4, -0.2) is 52.9 Å². The number of ketones is 1. The smallest absolute Gasteiger partial charge is 0.295 e. The number of H-pyrrole nitrogens is 1. The van der Waals surface area contributed by atoms with Crippen LogP contribution in [0.5, 0.6) is 11.5 Å². The van der Waals surface area contributed by atoms with Gasteiger partial charge in [-0.05, 0) is 24.3 Å². The van der Waals surface area contributed by atoms with Crippen LogP contribution in [0.15, 0.2) is 49.1 Å². The van der Waals surface area contributed by atoms with Crippen LogP contribution in [0, 0.1) is 5.82 Å². The average molecular weight is 440 g/mol. The van der Waals surface area contributed by atoms with Gasteiger partial charge in [0.15, 0.2) is 11.6 Å². The van der Waals surface area contributed by atoms with Crippen molar-refractivity contribution in [2.75, 3.05) is 25.2 Å². The van der Waals surface area contributed by atoms with Crippen LogP contribution >= 0.6 is 0 Å². The number of anilines is 1. The first-order chi connectivity index (χ1) is 15.4. The van der Waals surface area contributed by atoms with E-state index in [0.29, 0.717) is 11.5 Å². The van der Waals surface area contributed by atoms with E-state index < -0.39 is 17.5 Å². The number of rotatable bonds is 7. The van der Waals surface area contributed by atoms with Crippen molar-refractivity contribution in [3.05, 3.63) is 60.4 Å². The molecule has 2 aromatic heterocycles. The molecule has 5 N–H and O–H groups in total. The second-order valence-electron chi connectivity index (χ2n) is 7.09. The van der Waals surface area contributed by atoms with Crippen LogP contribution in [0.4, 0.5) is 10.2 Å². The van der Waals surface area contributed by atoms with E-state index in [0.717, 1.165) is 11.2 Å². The summed E-state index contributed by atoms with van der Waals surface area (Å²) in [5.74, 6) is 4.96. The molecule has 1 saturated heterocycles. The van der Waals surface area contributed by atoms with Crippen molar-refractivity contribution in [3.63, 3.8) is 0 Å². The van der Waals surface area contributed by atoms with Crippen molar-refractivity contribution in [3.8, 4) is 11.5 Å². The number of nitrogens with two attached hydrogens (primary N) is 2. The largest absolute Gasteiger partial charge is 0.497 e. The number of nitrogens with one attached hydrogen (secondary N) is 1. The molecule has 11 heteroatoms. The van der Waals surface area contributed by atoms with Crippen LogP contribution in [0.25, 0.3) is 10.9 Å². The van der Waals surface area contributed by atoms with E-state index >= 15 is 0 Å². The summed E-state index contributed by atoms with van der Waals surface area (Å²) in [4.78, 5) is 33.5. The molecule has 1 amide bonds. The number of methoxy groups -OCH3 is 1. The van der Waals surface area contributed by atoms with Gasteiger partial charge in [0, 0.05) is 18.6 Å². The Bertz CT molecular complexity index is 1190. The highest BCUT2D eigenvalue weighted by molar-refractivity contribution is 6.45. The van der Waals surface area contributed by atoms with Gasteiger partial charge in [-0.1, -0.05) is 0 Å². The number of fused-ring (bicyclic) bond motifs is 1. The molecule has 3 heterocycles. The number of hydrazine groups is 1. The predicted molar refractivity (Wildman–Crippen MR) is 114 cm³/mol. The van der Waals surface area contributed by atoms with Gasteiger partial charge in [0.25, 0.3) is 11.7 Å². The summed E-state index contributed by atoms with van der Waals surface area (Å²) in [5.41, 5.74) is 5.40. The van der Waals surface area contributed by atoms with Crippen LogP contribution < -0.4 is 26.1 Å². The maximum atomic E-state index is 14.5. The lowest BCUT2D eigenvalue weighted by molar-refractivity contribution is -0.134. The lowest BCUT2D eigenvalue weighted by Crippen LogP contribution is -2.57. The van der Waals surface area contributed by atoms with Crippen molar-refractivity contribution in [1.82, 2.24) is 14.9 Å². The van der Waals surface area contributed by atoms with Gasteiger partial charge in [0.1, 0.15) is 17.6 Å². The first-order valence-electron chi connectivity index (χ1n) is 9.65. The molecule has 0 bridgehead atoms. The molecule has 0 spiro atoms. The number of hydrogen-bond acceptors (Lipinski definition) is 8. The Morgan fingerprint density at radius 3 is 2.62 bits per heavy atom. The minimum atomic E-state index is -0.840. The van der Waals surface area contributed by atoms with Gasteiger partial charge in [-0.15, -0.1) is 0 Å². The third-order valence-electron chi connectivity index (χ3n) is 5.07. The molecule has 1 aliphatic heterocycles. The Kier molecular flexibility index (Phi) is 5.65. The first kappa shape index (κ1) is 21.1. The number of aromatic amines is 1. The van der Waals surface area contributed by atoms with Crippen molar-refractivity contribution >= 4 is 28.4 Å². The van der Waals surface area contributed by atoms with Gasteiger partial charge >= 0.3 is 0 Å². The van der Waals surface area contributed by atoms with E-state index in [1.807, 2.05) is 0 Å². The molecule has 4 rings (SSSR count). The molecule has 0 aliphatic carbocycles. The van der Waals surface area contributed by atoms with E-state index in [2.05, 4.69) is 9.97 Å². The van der Waals surface area contributed by atoms with E-state index in [4.69, 9.17) is 21.1 Å². The zero-order chi connectivity index (χ0) is 22.8. The predicted octanol–water partition coefficient (Wildman–Crippen LogP) is 1.29. The Hall–Kier alpha value is -4.12. The van der Waals surface area contributed by atoms with Gasteiger partial charge in [-0.25, -0.2) is 15.2 Å². The van der Waals surface area contributed by atoms with Crippen LogP contribution in [0.1, 0.15) is 10.4 Å². The summed E-state index contributed by atoms with van der Waals surface area (Å²) in [7, 11) is 1.57. The Balaban J connectivity index is 1.46. The fraction of sp³-hybridized carbons (Fsp3) is 0.190. The lowest BCUT2D eigenvalue weighted by atomic mass is 10.1. The summed E-state index contributed by atoms with van der Waals surface area (Å²) in [5, 5.41) is 1.01. The quantitative estimate of drug-likeness (QED) is 0.216. The second-order valence-corrected chi connectivity index (χ2v) is 7.09. The maximum absolute atomic E-state index is 14.5. The van der Waals surface area contributed by atoms with Crippen molar-refractivity contribution < 1.29 is 23.5 Å². The average Bonchev–Trinajstić information content (AvgIpc) is 3.22. The molecule has 10 nitrogen and oxygen atoms in total. The fourth-order valence-electron chi connectivity index (χ4n) is 3.42. The molecule has 1 aliphatic rings. The summed E-state index contributed by atoms with van der Waals surface area (Å²) in [6, 6.07) is 7.05. The highest BCUT2D eigenvalue weighted by Crippen LogP contribution is 2.29. The zero-order valence-corrected chi connectivity index (χ0v) is 17.1. The molecular weight excluding hydrogens is 419 g/mol. The zero-order valence-electron chi connectivity index (χ0n) is 17.1. The number of pyridine rings is 1. The van der Waals surface area contributed by atoms with E-state index in [9.17, 15) is 14.0 Å². The number of carbonyl (C=O) groups is 2. The summed E-state index contributed by atoms with van der Waals surface area (Å²) >= 11 is 0. The van der Waals surface area contributed by atoms with Crippen LogP contribution in [0.2, 0.25) is 0 Å².